The highest BCUT2D eigenvalue weighted by atomic mass is 15.3. The Labute approximate surface area is 110 Å². The summed E-state index contributed by atoms with van der Waals surface area (Å²) >= 11 is 0. The second-order valence-corrected chi connectivity index (χ2v) is 5.54. The van der Waals surface area contributed by atoms with Gasteiger partial charge >= 0.3 is 0 Å². The van der Waals surface area contributed by atoms with Crippen LogP contribution in [0.5, 0.6) is 0 Å². The fraction of sp³-hybridized carbons (Fsp3) is 0.533. The summed E-state index contributed by atoms with van der Waals surface area (Å²) < 4.78 is 0. The molecule has 3 heteroatoms. The van der Waals surface area contributed by atoms with Gasteiger partial charge < -0.3 is 10.6 Å². The van der Waals surface area contributed by atoms with Crippen LogP contribution < -0.4 is 5.73 Å². The highest BCUT2D eigenvalue weighted by Crippen LogP contribution is 2.28. The molecule has 1 heterocycles. The molecule has 0 saturated heterocycles. The van der Waals surface area contributed by atoms with Gasteiger partial charge in [0.1, 0.15) is 0 Å². The number of aliphatic imine (C=N–C) groups is 1. The van der Waals surface area contributed by atoms with Crippen molar-refractivity contribution in [3.05, 3.63) is 35.4 Å². The van der Waals surface area contributed by atoms with Gasteiger partial charge in [0.2, 0.25) is 0 Å². The highest BCUT2D eigenvalue weighted by molar-refractivity contribution is 5.80. The lowest BCUT2D eigenvalue weighted by atomic mass is 9.98. The molecule has 0 aliphatic carbocycles. The van der Waals surface area contributed by atoms with Crippen LogP contribution in [-0.4, -0.2) is 23.4 Å². The molecule has 1 aliphatic heterocycles. The van der Waals surface area contributed by atoms with Crippen LogP contribution in [0.3, 0.4) is 0 Å². The molecule has 0 bridgehead atoms. The first-order valence-electron chi connectivity index (χ1n) is 6.68. The molecule has 1 aliphatic rings. The van der Waals surface area contributed by atoms with Gasteiger partial charge in [-0.05, 0) is 30.9 Å². The van der Waals surface area contributed by atoms with Gasteiger partial charge in [0.15, 0.2) is 5.96 Å². The van der Waals surface area contributed by atoms with Crippen molar-refractivity contribution in [2.45, 2.75) is 45.7 Å². The third-order valence-corrected chi connectivity index (χ3v) is 3.57. The van der Waals surface area contributed by atoms with E-state index in [0.717, 1.165) is 6.54 Å². The van der Waals surface area contributed by atoms with Crippen LogP contribution >= 0.6 is 0 Å². The minimum absolute atomic E-state index is 0.297. The van der Waals surface area contributed by atoms with Crippen LogP contribution in [0, 0.1) is 0 Å². The van der Waals surface area contributed by atoms with Gasteiger partial charge in [-0.1, -0.05) is 38.1 Å². The van der Waals surface area contributed by atoms with E-state index >= 15 is 0 Å². The zero-order valence-electron chi connectivity index (χ0n) is 11.7. The van der Waals surface area contributed by atoms with Gasteiger partial charge in [-0.15, -0.1) is 0 Å². The van der Waals surface area contributed by atoms with Crippen molar-refractivity contribution < 1.29 is 0 Å². The van der Waals surface area contributed by atoms with Gasteiger partial charge in [0.25, 0.3) is 0 Å². The number of nitrogens with two attached hydrogens (primary N) is 1. The van der Waals surface area contributed by atoms with Crippen molar-refractivity contribution in [3.8, 4) is 0 Å². The van der Waals surface area contributed by atoms with Crippen molar-refractivity contribution in [2.24, 2.45) is 10.7 Å². The molecule has 0 spiro atoms. The van der Waals surface area contributed by atoms with E-state index in [9.17, 15) is 0 Å². The summed E-state index contributed by atoms with van der Waals surface area (Å²) in [5.74, 6) is 1.24. The summed E-state index contributed by atoms with van der Waals surface area (Å²) in [6.07, 6.45) is 0. The lowest BCUT2D eigenvalue weighted by Crippen LogP contribution is -2.40. The molecule has 1 atom stereocenters. The van der Waals surface area contributed by atoms with Gasteiger partial charge in [-0.2, -0.15) is 0 Å². The fourth-order valence-corrected chi connectivity index (χ4v) is 2.50. The van der Waals surface area contributed by atoms with E-state index < -0.39 is 0 Å². The third-order valence-electron chi connectivity index (χ3n) is 3.57. The van der Waals surface area contributed by atoms with Crippen molar-refractivity contribution in [1.82, 2.24) is 4.90 Å². The molecule has 3 nitrogen and oxygen atoms in total. The standard InChI is InChI=1S/C15H23N3/c1-10(2)12-5-7-13(8-6-12)14-9-17-15(16)18(14)11(3)4/h5-8,10-11,14H,9H2,1-4H3,(H2,16,17). The van der Waals surface area contributed by atoms with Gasteiger partial charge in [-0.25, -0.2) is 0 Å². The average molecular weight is 245 g/mol. The SMILES string of the molecule is CC(C)c1ccc(C2CN=C(N)N2C(C)C)cc1. The lowest BCUT2D eigenvalue weighted by molar-refractivity contribution is 0.290. The molecule has 0 aromatic heterocycles. The molecule has 98 valence electrons. The Bertz CT molecular complexity index is 432. The van der Waals surface area contributed by atoms with Crippen LogP contribution in [0.4, 0.5) is 0 Å². The van der Waals surface area contributed by atoms with Crippen LogP contribution in [0.15, 0.2) is 29.3 Å². The van der Waals surface area contributed by atoms with E-state index in [2.05, 4.69) is 61.9 Å². The normalized spacial score (nSPS) is 19.8. The van der Waals surface area contributed by atoms with Crippen LogP contribution in [0.2, 0.25) is 0 Å². The maximum Gasteiger partial charge on any atom is 0.192 e. The maximum absolute atomic E-state index is 5.96. The molecule has 0 fully saturated rings. The topological polar surface area (TPSA) is 41.6 Å². The molecule has 1 aromatic carbocycles. The Kier molecular flexibility index (Phi) is 3.60. The predicted molar refractivity (Wildman–Crippen MR) is 76.7 cm³/mol. The van der Waals surface area contributed by atoms with E-state index in [1.807, 2.05) is 0 Å². The first-order chi connectivity index (χ1) is 8.50. The molecule has 0 amide bonds. The number of rotatable bonds is 3. The summed E-state index contributed by atoms with van der Waals surface area (Å²) in [4.78, 5) is 6.57. The van der Waals surface area contributed by atoms with Crippen molar-refractivity contribution in [1.29, 1.82) is 0 Å². The number of hydrogen-bond donors (Lipinski definition) is 1. The van der Waals surface area contributed by atoms with Crippen molar-refractivity contribution >= 4 is 5.96 Å². The Morgan fingerprint density at radius 2 is 1.78 bits per heavy atom. The van der Waals surface area contributed by atoms with Crippen LogP contribution in [-0.2, 0) is 0 Å². The van der Waals surface area contributed by atoms with E-state index in [0.29, 0.717) is 24.0 Å². The monoisotopic (exact) mass is 245 g/mol. The first-order valence-corrected chi connectivity index (χ1v) is 6.68. The van der Waals surface area contributed by atoms with E-state index in [-0.39, 0.29) is 0 Å². The van der Waals surface area contributed by atoms with Gasteiger partial charge in [0.05, 0.1) is 12.6 Å². The van der Waals surface area contributed by atoms with Crippen LogP contribution in [0.25, 0.3) is 0 Å². The molecule has 1 unspecified atom stereocenters. The largest absolute Gasteiger partial charge is 0.370 e. The van der Waals surface area contributed by atoms with Crippen molar-refractivity contribution in [3.63, 3.8) is 0 Å². The summed E-state index contributed by atoms with van der Waals surface area (Å²) in [6, 6.07) is 9.53. The second kappa shape index (κ2) is 5.01. The zero-order valence-corrected chi connectivity index (χ0v) is 11.7. The molecular formula is C15H23N3. The minimum Gasteiger partial charge on any atom is -0.370 e. The Morgan fingerprint density at radius 3 is 2.28 bits per heavy atom. The fourth-order valence-electron chi connectivity index (χ4n) is 2.50. The van der Waals surface area contributed by atoms with Gasteiger partial charge in [0, 0.05) is 6.04 Å². The molecule has 2 rings (SSSR count). The number of benzene rings is 1. The quantitative estimate of drug-likeness (QED) is 0.889. The van der Waals surface area contributed by atoms with Gasteiger partial charge in [-0.3, -0.25) is 4.99 Å². The average Bonchev–Trinajstić information content (AvgIpc) is 2.71. The number of nitrogens with zero attached hydrogens (tertiary/aromatic N) is 2. The molecule has 1 aromatic rings. The van der Waals surface area contributed by atoms with E-state index in [1.165, 1.54) is 11.1 Å². The third kappa shape index (κ3) is 2.35. The summed E-state index contributed by atoms with van der Waals surface area (Å²) in [5, 5.41) is 0. The van der Waals surface area contributed by atoms with E-state index in [4.69, 9.17) is 5.73 Å². The zero-order chi connectivity index (χ0) is 13.3. The second-order valence-electron chi connectivity index (χ2n) is 5.54. The Hall–Kier alpha value is -1.51. The number of hydrogen-bond acceptors (Lipinski definition) is 3. The Morgan fingerprint density at radius 1 is 1.17 bits per heavy atom. The molecule has 0 radical (unpaired) electrons. The molecule has 2 N–H and O–H groups in total. The summed E-state index contributed by atoms with van der Waals surface area (Å²) in [5.41, 5.74) is 8.64. The molecular weight excluding hydrogens is 222 g/mol. The smallest absolute Gasteiger partial charge is 0.192 e. The van der Waals surface area contributed by atoms with Crippen molar-refractivity contribution in [2.75, 3.05) is 6.54 Å². The predicted octanol–water partition coefficient (Wildman–Crippen LogP) is 2.89. The lowest BCUT2D eigenvalue weighted by Gasteiger charge is -2.30. The minimum atomic E-state index is 0.297. The highest BCUT2D eigenvalue weighted by Gasteiger charge is 2.29. The maximum atomic E-state index is 5.96. The van der Waals surface area contributed by atoms with Crippen LogP contribution in [0.1, 0.15) is 50.8 Å². The molecule has 18 heavy (non-hydrogen) atoms. The molecule has 0 saturated carbocycles. The summed E-state index contributed by atoms with van der Waals surface area (Å²) in [6.45, 7) is 9.51. The number of guanidine groups is 1. The van der Waals surface area contributed by atoms with E-state index in [1.54, 1.807) is 0 Å². The Balaban J connectivity index is 2.22. The summed E-state index contributed by atoms with van der Waals surface area (Å²) in [7, 11) is 0. The first kappa shape index (κ1) is 12.9.